The lowest BCUT2D eigenvalue weighted by atomic mass is 9.63. The maximum Gasteiger partial charge on any atom is 0.390 e. The average molecular weight is 510 g/mol. The minimum atomic E-state index is -4.29. The normalized spacial score (nSPS) is 16.7. The van der Waals surface area contributed by atoms with Crippen LogP contribution in [-0.4, -0.2) is 41.7 Å². The van der Waals surface area contributed by atoms with Gasteiger partial charge in [0.15, 0.2) is 0 Å². The van der Waals surface area contributed by atoms with Crippen LogP contribution < -0.4 is 10.6 Å². The van der Waals surface area contributed by atoms with Crippen molar-refractivity contribution in [2.24, 2.45) is 4.99 Å². The third kappa shape index (κ3) is 7.29. The van der Waals surface area contributed by atoms with Crippen molar-refractivity contribution < 1.29 is 23.1 Å². The number of alkyl halides is 3. The van der Waals surface area contributed by atoms with Crippen LogP contribution in [0.5, 0.6) is 0 Å². The number of rotatable bonds is 8. The fraction of sp³-hybridized carbons (Fsp3) is 0.462. The van der Waals surface area contributed by atoms with Gasteiger partial charge in [-0.1, -0.05) is 30.2 Å². The van der Waals surface area contributed by atoms with E-state index in [1.807, 2.05) is 26.8 Å². The van der Waals surface area contributed by atoms with Gasteiger partial charge in [-0.2, -0.15) is 13.2 Å². The van der Waals surface area contributed by atoms with E-state index >= 15 is 0 Å². The average Bonchev–Trinajstić information content (AvgIpc) is 2.71. The third-order valence-electron chi connectivity index (χ3n) is 6.07. The number of benzene rings is 2. The maximum atomic E-state index is 12.8. The molecular weight excluding hydrogens is 479 g/mol. The molecule has 190 valence electrons. The third-order valence-corrected chi connectivity index (χ3v) is 6.30. The first-order chi connectivity index (χ1) is 16.3. The molecule has 1 saturated carbocycles. The summed E-state index contributed by atoms with van der Waals surface area (Å²) < 4.78 is 37.7. The van der Waals surface area contributed by atoms with Crippen LogP contribution in [0.4, 0.5) is 18.9 Å². The molecule has 0 aliphatic heterocycles. The molecule has 0 radical (unpaired) electrons. The number of nitrogens with one attached hydrogen (secondary N) is 2. The van der Waals surface area contributed by atoms with Crippen molar-refractivity contribution in [2.45, 2.75) is 69.8 Å². The molecule has 1 aliphatic carbocycles. The summed E-state index contributed by atoms with van der Waals surface area (Å²) in [5.74, 6) is -0.335. The van der Waals surface area contributed by atoms with E-state index in [9.17, 15) is 23.1 Å². The molecular formula is C26H31ClF3N3O2. The summed E-state index contributed by atoms with van der Waals surface area (Å²) in [5, 5.41) is 16.8. The zero-order valence-electron chi connectivity index (χ0n) is 20.0. The van der Waals surface area contributed by atoms with Gasteiger partial charge in [-0.3, -0.25) is 15.1 Å². The van der Waals surface area contributed by atoms with E-state index in [0.29, 0.717) is 34.7 Å². The van der Waals surface area contributed by atoms with Gasteiger partial charge >= 0.3 is 6.18 Å². The SMILES string of the molecule is CC(C)(C)/N=C/c1cc(C2(C(O)NCCC(F)(F)F)CCC2)ccc1NC(=O)c1cccc(Cl)c1. The van der Waals surface area contributed by atoms with Crippen molar-refractivity contribution in [1.82, 2.24) is 5.32 Å². The summed E-state index contributed by atoms with van der Waals surface area (Å²) in [4.78, 5) is 17.4. The van der Waals surface area contributed by atoms with Crippen molar-refractivity contribution in [2.75, 3.05) is 11.9 Å². The van der Waals surface area contributed by atoms with Crippen LogP contribution in [0.3, 0.4) is 0 Å². The number of aliphatic hydroxyl groups is 1. The Morgan fingerprint density at radius 1 is 1.20 bits per heavy atom. The number of amides is 1. The molecule has 2 aromatic rings. The van der Waals surface area contributed by atoms with Gasteiger partial charge in [0.05, 0.1) is 12.0 Å². The van der Waals surface area contributed by atoms with Crippen molar-refractivity contribution in [1.29, 1.82) is 0 Å². The molecule has 0 saturated heterocycles. The number of carbonyl (C=O) groups excluding carboxylic acids is 1. The van der Waals surface area contributed by atoms with E-state index in [1.165, 1.54) is 0 Å². The second-order valence-electron chi connectivity index (χ2n) is 9.93. The van der Waals surface area contributed by atoms with Gasteiger partial charge < -0.3 is 10.4 Å². The Morgan fingerprint density at radius 2 is 1.91 bits per heavy atom. The molecule has 1 unspecified atom stereocenters. The molecule has 0 aromatic heterocycles. The van der Waals surface area contributed by atoms with E-state index in [-0.39, 0.29) is 18.0 Å². The first kappa shape index (κ1) is 27.2. The zero-order chi connectivity index (χ0) is 25.9. The minimum Gasteiger partial charge on any atom is -0.378 e. The second kappa shape index (κ2) is 10.7. The molecule has 2 aromatic carbocycles. The molecule has 1 atom stereocenters. The number of halogens is 4. The van der Waals surface area contributed by atoms with Crippen molar-refractivity contribution in [3.05, 3.63) is 64.2 Å². The lowest BCUT2D eigenvalue weighted by molar-refractivity contribution is -0.135. The topological polar surface area (TPSA) is 73.7 Å². The summed E-state index contributed by atoms with van der Waals surface area (Å²) in [6.45, 7) is 5.47. The van der Waals surface area contributed by atoms with Gasteiger partial charge in [0, 0.05) is 40.0 Å². The van der Waals surface area contributed by atoms with Crippen molar-refractivity contribution in [3.63, 3.8) is 0 Å². The molecule has 1 amide bonds. The maximum absolute atomic E-state index is 12.8. The van der Waals surface area contributed by atoms with Gasteiger partial charge in [-0.15, -0.1) is 0 Å². The summed E-state index contributed by atoms with van der Waals surface area (Å²) in [7, 11) is 0. The Labute approximate surface area is 208 Å². The van der Waals surface area contributed by atoms with E-state index in [0.717, 1.165) is 12.0 Å². The van der Waals surface area contributed by atoms with Gasteiger partial charge in [-0.05, 0) is 69.5 Å². The number of aliphatic imine (C=N–C) groups is 1. The van der Waals surface area contributed by atoms with Gasteiger partial charge in [0.2, 0.25) is 0 Å². The lowest BCUT2D eigenvalue weighted by Crippen LogP contribution is -2.53. The summed E-state index contributed by atoms with van der Waals surface area (Å²) in [6, 6.07) is 12.0. The van der Waals surface area contributed by atoms with Gasteiger partial charge in [0.1, 0.15) is 6.23 Å². The number of anilines is 1. The van der Waals surface area contributed by atoms with Gasteiger partial charge in [0.25, 0.3) is 5.91 Å². The smallest absolute Gasteiger partial charge is 0.378 e. The van der Waals surface area contributed by atoms with Crippen LogP contribution in [0.25, 0.3) is 0 Å². The van der Waals surface area contributed by atoms with Crippen LogP contribution >= 0.6 is 11.6 Å². The highest BCUT2D eigenvalue weighted by Crippen LogP contribution is 2.46. The van der Waals surface area contributed by atoms with Crippen LogP contribution in [-0.2, 0) is 5.41 Å². The summed E-state index contributed by atoms with van der Waals surface area (Å²) >= 11 is 6.01. The lowest BCUT2D eigenvalue weighted by Gasteiger charge is -2.46. The Bertz CT molecular complexity index is 1080. The van der Waals surface area contributed by atoms with Crippen LogP contribution in [0, 0.1) is 0 Å². The molecule has 9 heteroatoms. The molecule has 3 rings (SSSR count). The zero-order valence-corrected chi connectivity index (χ0v) is 20.8. The molecule has 35 heavy (non-hydrogen) atoms. The Morgan fingerprint density at radius 3 is 2.49 bits per heavy atom. The minimum absolute atomic E-state index is 0.335. The molecule has 3 N–H and O–H groups in total. The molecule has 0 heterocycles. The molecule has 1 fully saturated rings. The fourth-order valence-corrected chi connectivity index (χ4v) is 4.19. The standard InChI is InChI=1S/C26H31ClF3N3O2/c1-24(2,3)32-16-18-14-19(25(10-5-11-25)23(35)31-13-12-26(28,29)30)8-9-21(18)33-22(34)17-6-4-7-20(27)15-17/h4,6-9,14-16,23,31,35H,5,10-13H2,1-3H3,(H,33,34)/b32-16+. The predicted octanol–water partition coefficient (Wildman–Crippen LogP) is 6.09. The number of hydrogen-bond donors (Lipinski definition) is 3. The monoisotopic (exact) mass is 509 g/mol. The predicted molar refractivity (Wildman–Crippen MR) is 133 cm³/mol. The van der Waals surface area contributed by atoms with Crippen molar-refractivity contribution in [3.8, 4) is 0 Å². The summed E-state index contributed by atoms with van der Waals surface area (Å²) in [5.41, 5.74) is 1.29. The number of aliphatic hydroxyl groups excluding tert-OH is 1. The van der Waals surface area contributed by atoms with E-state index in [1.54, 1.807) is 42.6 Å². The van der Waals surface area contributed by atoms with Crippen molar-refractivity contribution >= 4 is 29.4 Å². The van der Waals surface area contributed by atoms with E-state index in [2.05, 4.69) is 15.6 Å². The Balaban J connectivity index is 1.90. The molecule has 0 spiro atoms. The number of nitrogens with zero attached hydrogens (tertiary/aromatic N) is 1. The molecule has 5 nitrogen and oxygen atoms in total. The van der Waals surface area contributed by atoms with E-state index in [4.69, 9.17) is 11.6 Å². The second-order valence-corrected chi connectivity index (χ2v) is 10.4. The highest BCUT2D eigenvalue weighted by molar-refractivity contribution is 6.31. The fourth-order valence-electron chi connectivity index (χ4n) is 4.00. The van der Waals surface area contributed by atoms with Crippen LogP contribution in [0.2, 0.25) is 5.02 Å². The Hall–Kier alpha value is -2.42. The quantitative estimate of drug-likeness (QED) is 0.298. The van der Waals surface area contributed by atoms with Crippen LogP contribution in [0.1, 0.15) is 67.9 Å². The molecule has 0 bridgehead atoms. The highest BCUT2D eigenvalue weighted by atomic mass is 35.5. The van der Waals surface area contributed by atoms with Gasteiger partial charge in [-0.25, -0.2) is 0 Å². The largest absolute Gasteiger partial charge is 0.390 e. The number of carbonyl (C=O) groups is 1. The number of hydrogen-bond acceptors (Lipinski definition) is 4. The summed E-state index contributed by atoms with van der Waals surface area (Å²) in [6.07, 6.45) is -2.63. The highest BCUT2D eigenvalue weighted by Gasteiger charge is 2.45. The first-order valence-corrected chi connectivity index (χ1v) is 11.9. The molecule has 1 aliphatic rings. The van der Waals surface area contributed by atoms with Crippen LogP contribution in [0.15, 0.2) is 47.5 Å². The Kier molecular flexibility index (Phi) is 8.29. The first-order valence-electron chi connectivity index (χ1n) is 11.5. The van der Waals surface area contributed by atoms with E-state index < -0.39 is 24.2 Å².